The Morgan fingerprint density at radius 3 is 2.87 bits per heavy atom. The molecule has 82 valence electrons. The Morgan fingerprint density at radius 1 is 1.33 bits per heavy atom. The minimum absolute atomic E-state index is 0.463. The number of para-hydroxylation sites is 1. The zero-order valence-electron chi connectivity index (χ0n) is 9.49. The van der Waals surface area contributed by atoms with E-state index >= 15 is 0 Å². The molecule has 15 heavy (non-hydrogen) atoms. The summed E-state index contributed by atoms with van der Waals surface area (Å²) in [4.78, 5) is 0. The number of benzene rings is 1. The first-order chi connectivity index (χ1) is 7.31. The predicted octanol–water partition coefficient (Wildman–Crippen LogP) is 2.76. The van der Waals surface area contributed by atoms with E-state index in [2.05, 4.69) is 24.4 Å². The number of piperidine rings is 1. The molecule has 0 aliphatic carbocycles. The molecule has 1 aliphatic rings. The Hall–Kier alpha value is -1.02. The maximum atomic E-state index is 5.39. The van der Waals surface area contributed by atoms with Crippen LogP contribution < -0.4 is 10.1 Å². The van der Waals surface area contributed by atoms with Gasteiger partial charge in [0.05, 0.1) is 7.11 Å². The normalized spacial score (nSPS) is 26.3. The monoisotopic (exact) mass is 205 g/mol. The summed E-state index contributed by atoms with van der Waals surface area (Å²) in [6.45, 7) is 3.44. The SMILES string of the molecule is COc1ccccc1C1CC(C)CCN1. The molecule has 0 radical (unpaired) electrons. The molecule has 2 rings (SSSR count). The van der Waals surface area contributed by atoms with Gasteiger partial charge in [-0.15, -0.1) is 0 Å². The van der Waals surface area contributed by atoms with Gasteiger partial charge < -0.3 is 10.1 Å². The lowest BCUT2D eigenvalue weighted by Crippen LogP contribution is -2.30. The molecule has 2 unspecified atom stereocenters. The summed E-state index contributed by atoms with van der Waals surface area (Å²) in [6, 6.07) is 8.77. The van der Waals surface area contributed by atoms with Crippen molar-refractivity contribution in [3.05, 3.63) is 29.8 Å². The van der Waals surface area contributed by atoms with E-state index < -0.39 is 0 Å². The summed E-state index contributed by atoms with van der Waals surface area (Å²) in [5, 5.41) is 3.56. The molecule has 1 fully saturated rings. The third kappa shape index (κ3) is 2.32. The highest BCUT2D eigenvalue weighted by Crippen LogP contribution is 2.32. The van der Waals surface area contributed by atoms with E-state index in [-0.39, 0.29) is 0 Å². The summed E-state index contributed by atoms with van der Waals surface area (Å²) in [5.74, 6) is 1.81. The molecule has 2 heteroatoms. The maximum absolute atomic E-state index is 5.39. The first-order valence-electron chi connectivity index (χ1n) is 5.67. The third-order valence-electron chi connectivity index (χ3n) is 3.18. The molecule has 0 bridgehead atoms. The molecule has 2 nitrogen and oxygen atoms in total. The van der Waals surface area contributed by atoms with Crippen LogP contribution in [0.2, 0.25) is 0 Å². The van der Waals surface area contributed by atoms with Crippen molar-refractivity contribution in [1.29, 1.82) is 0 Å². The average molecular weight is 205 g/mol. The Balaban J connectivity index is 2.20. The molecular formula is C13H19NO. The van der Waals surface area contributed by atoms with Crippen LogP contribution in [0.25, 0.3) is 0 Å². The van der Waals surface area contributed by atoms with E-state index in [4.69, 9.17) is 4.74 Å². The van der Waals surface area contributed by atoms with Crippen molar-refractivity contribution >= 4 is 0 Å². The van der Waals surface area contributed by atoms with Crippen LogP contribution in [0.4, 0.5) is 0 Å². The maximum Gasteiger partial charge on any atom is 0.123 e. The van der Waals surface area contributed by atoms with Gasteiger partial charge in [-0.25, -0.2) is 0 Å². The van der Waals surface area contributed by atoms with Crippen molar-refractivity contribution in [1.82, 2.24) is 5.32 Å². The van der Waals surface area contributed by atoms with Crippen LogP contribution in [-0.4, -0.2) is 13.7 Å². The van der Waals surface area contributed by atoms with Gasteiger partial charge in [0, 0.05) is 11.6 Å². The molecule has 1 N–H and O–H groups in total. The standard InChI is InChI=1S/C13H19NO/c1-10-7-8-14-12(9-10)11-5-3-4-6-13(11)15-2/h3-6,10,12,14H,7-9H2,1-2H3. The van der Waals surface area contributed by atoms with Crippen LogP contribution in [0, 0.1) is 5.92 Å². The van der Waals surface area contributed by atoms with Gasteiger partial charge in [0.1, 0.15) is 5.75 Å². The highest BCUT2D eigenvalue weighted by Gasteiger charge is 2.21. The van der Waals surface area contributed by atoms with E-state index in [0.29, 0.717) is 6.04 Å². The molecule has 1 saturated heterocycles. The van der Waals surface area contributed by atoms with Crippen LogP contribution in [0.15, 0.2) is 24.3 Å². The lowest BCUT2D eigenvalue weighted by atomic mass is 9.90. The summed E-state index contributed by atoms with van der Waals surface area (Å²) < 4.78 is 5.39. The second kappa shape index (κ2) is 4.67. The van der Waals surface area contributed by atoms with Gasteiger partial charge in [0.15, 0.2) is 0 Å². The van der Waals surface area contributed by atoms with Gasteiger partial charge in [-0.2, -0.15) is 0 Å². The number of hydrogen-bond donors (Lipinski definition) is 1. The fraction of sp³-hybridized carbons (Fsp3) is 0.538. The van der Waals surface area contributed by atoms with Gasteiger partial charge in [-0.3, -0.25) is 0 Å². The van der Waals surface area contributed by atoms with Crippen LogP contribution in [0.5, 0.6) is 5.75 Å². The molecule has 1 aromatic rings. The second-order valence-corrected chi connectivity index (χ2v) is 4.38. The third-order valence-corrected chi connectivity index (χ3v) is 3.18. The number of rotatable bonds is 2. The van der Waals surface area contributed by atoms with Crippen LogP contribution in [0.3, 0.4) is 0 Å². The average Bonchev–Trinajstić information content (AvgIpc) is 2.29. The lowest BCUT2D eigenvalue weighted by molar-refractivity contribution is 0.315. The zero-order chi connectivity index (χ0) is 10.7. The fourth-order valence-corrected chi connectivity index (χ4v) is 2.30. The fourth-order valence-electron chi connectivity index (χ4n) is 2.30. The second-order valence-electron chi connectivity index (χ2n) is 4.38. The lowest BCUT2D eigenvalue weighted by Gasteiger charge is -2.29. The minimum atomic E-state index is 0.463. The van der Waals surface area contributed by atoms with Gasteiger partial charge in [0.25, 0.3) is 0 Å². The molecule has 1 aliphatic heterocycles. The molecule has 2 atom stereocenters. The molecule has 0 spiro atoms. The molecule has 0 aromatic heterocycles. The van der Waals surface area contributed by atoms with Crippen molar-refractivity contribution in [2.45, 2.75) is 25.8 Å². The van der Waals surface area contributed by atoms with E-state index in [1.165, 1.54) is 18.4 Å². The van der Waals surface area contributed by atoms with E-state index in [1.54, 1.807) is 7.11 Å². The minimum Gasteiger partial charge on any atom is -0.496 e. The topological polar surface area (TPSA) is 21.3 Å². The number of methoxy groups -OCH3 is 1. The van der Waals surface area contributed by atoms with Crippen molar-refractivity contribution in [3.8, 4) is 5.75 Å². The number of ether oxygens (including phenoxy) is 1. The van der Waals surface area contributed by atoms with Crippen molar-refractivity contribution in [2.75, 3.05) is 13.7 Å². The van der Waals surface area contributed by atoms with E-state index in [0.717, 1.165) is 18.2 Å². The molecular weight excluding hydrogens is 186 g/mol. The van der Waals surface area contributed by atoms with E-state index in [1.807, 2.05) is 12.1 Å². The van der Waals surface area contributed by atoms with E-state index in [9.17, 15) is 0 Å². The smallest absolute Gasteiger partial charge is 0.123 e. The summed E-state index contributed by atoms with van der Waals surface area (Å²) >= 11 is 0. The zero-order valence-corrected chi connectivity index (χ0v) is 9.49. The summed E-state index contributed by atoms with van der Waals surface area (Å²) in [6.07, 6.45) is 2.49. The Bertz CT molecular complexity index is 324. The van der Waals surface area contributed by atoms with Crippen molar-refractivity contribution < 1.29 is 4.74 Å². The largest absolute Gasteiger partial charge is 0.496 e. The highest BCUT2D eigenvalue weighted by molar-refractivity contribution is 5.36. The summed E-state index contributed by atoms with van der Waals surface area (Å²) in [7, 11) is 1.74. The Morgan fingerprint density at radius 2 is 2.13 bits per heavy atom. The van der Waals surface area contributed by atoms with Gasteiger partial charge in [-0.1, -0.05) is 25.1 Å². The van der Waals surface area contributed by atoms with Gasteiger partial charge in [-0.05, 0) is 31.4 Å². The summed E-state index contributed by atoms with van der Waals surface area (Å²) in [5.41, 5.74) is 1.30. The van der Waals surface area contributed by atoms with Crippen molar-refractivity contribution in [2.24, 2.45) is 5.92 Å². The van der Waals surface area contributed by atoms with Gasteiger partial charge in [0.2, 0.25) is 0 Å². The first-order valence-corrected chi connectivity index (χ1v) is 5.67. The Labute approximate surface area is 91.6 Å². The molecule has 0 amide bonds. The molecule has 1 heterocycles. The van der Waals surface area contributed by atoms with Gasteiger partial charge >= 0.3 is 0 Å². The van der Waals surface area contributed by atoms with Crippen LogP contribution >= 0.6 is 0 Å². The van der Waals surface area contributed by atoms with Crippen molar-refractivity contribution in [3.63, 3.8) is 0 Å². The number of hydrogen-bond acceptors (Lipinski definition) is 2. The molecule has 0 saturated carbocycles. The Kier molecular flexibility index (Phi) is 3.27. The van der Waals surface area contributed by atoms with Crippen LogP contribution in [-0.2, 0) is 0 Å². The quantitative estimate of drug-likeness (QED) is 0.801. The predicted molar refractivity (Wildman–Crippen MR) is 62.1 cm³/mol. The molecule has 1 aromatic carbocycles. The number of nitrogens with one attached hydrogen (secondary N) is 1. The highest BCUT2D eigenvalue weighted by atomic mass is 16.5. The van der Waals surface area contributed by atoms with Crippen LogP contribution in [0.1, 0.15) is 31.4 Å². The first kappa shape index (κ1) is 10.5.